The molecule has 1 heterocycles. The molecular formula is C17H18ClN3O2. The summed E-state index contributed by atoms with van der Waals surface area (Å²) in [5.41, 5.74) is 1.90. The second-order valence-electron chi connectivity index (χ2n) is 5.17. The molecule has 2 aromatic rings. The predicted octanol–water partition coefficient (Wildman–Crippen LogP) is 2.73. The number of hydrogen-bond donors (Lipinski definition) is 2. The number of aryl methyl sites for hydroxylation is 1. The minimum absolute atomic E-state index is 0.131. The number of nitrogens with zero attached hydrogens (tertiary/aromatic N) is 1. The molecule has 0 bridgehead atoms. The second-order valence-corrected chi connectivity index (χ2v) is 5.61. The summed E-state index contributed by atoms with van der Waals surface area (Å²) in [4.78, 5) is 27.6. The van der Waals surface area contributed by atoms with Crippen LogP contribution in [0.3, 0.4) is 0 Å². The standard InChI is InChI=1S/C17H18ClN3O2/c1-12-2-7-15(20-11-12)21-16(22)8-9-19-17(23)10-13-3-5-14(18)6-4-13/h2-7,11H,8-10H2,1H3,(H,19,23)(H,20,21,22). The summed E-state index contributed by atoms with van der Waals surface area (Å²) in [6, 6.07) is 10.7. The van der Waals surface area contributed by atoms with Gasteiger partial charge in [-0.05, 0) is 36.2 Å². The van der Waals surface area contributed by atoms with E-state index in [-0.39, 0.29) is 31.2 Å². The van der Waals surface area contributed by atoms with Crippen molar-refractivity contribution >= 4 is 29.2 Å². The predicted molar refractivity (Wildman–Crippen MR) is 90.4 cm³/mol. The van der Waals surface area contributed by atoms with Crippen LogP contribution in [-0.4, -0.2) is 23.3 Å². The molecule has 1 aromatic heterocycles. The number of amides is 2. The molecule has 2 rings (SSSR count). The SMILES string of the molecule is Cc1ccc(NC(=O)CCNC(=O)Cc2ccc(Cl)cc2)nc1. The molecule has 0 saturated carbocycles. The Balaban J connectivity index is 1.69. The Morgan fingerprint density at radius 1 is 1.09 bits per heavy atom. The normalized spacial score (nSPS) is 10.2. The minimum Gasteiger partial charge on any atom is -0.355 e. The quantitative estimate of drug-likeness (QED) is 0.855. The van der Waals surface area contributed by atoms with Crippen LogP contribution >= 0.6 is 11.6 Å². The van der Waals surface area contributed by atoms with Crippen LogP contribution in [0.4, 0.5) is 5.82 Å². The van der Waals surface area contributed by atoms with E-state index in [2.05, 4.69) is 15.6 Å². The van der Waals surface area contributed by atoms with Gasteiger partial charge in [0.25, 0.3) is 0 Å². The van der Waals surface area contributed by atoms with E-state index < -0.39 is 0 Å². The molecule has 0 radical (unpaired) electrons. The van der Waals surface area contributed by atoms with Crippen molar-refractivity contribution in [2.24, 2.45) is 0 Å². The maximum absolute atomic E-state index is 11.8. The van der Waals surface area contributed by atoms with Crippen LogP contribution in [0.1, 0.15) is 17.5 Å². The van der Waals surface area contributed by atoms with Gasteiger partial charge in [-0.1, -0.05) is 29.8 Å². The topological polar surface area (TPSA) is 71.1 Å². The number of anilines is 1. The third-order valence-electron chi connectivity index (χ3n) is 3.13. The summed E-state index contributed by atoms with van der Waals surface area (Å²) in [6.07, 6.45) is 2.14. The van der Waals surface area contributed by atoms with E-state index in [0.29, 0.717) is 10.8 Å². The summed E-state index contributed by atoms with van der Waals surface area (Å²) >= 11 is 5.79. The molecule has 0 spiro atoms. The second kappa shape index (κ2) is 8.29. The number of hydrogen-bond acceptors (Lipinski definition) is 3. The average molecular weight is 332 g/mol. The molecule has 0 saturated heterocycles. The fourth-order valence-corrected chi connectivity index (χ4v) is 2.04. The molecule has 23 heavy (non-hydrogen) atoms. The van der Waals surface area contributed by atoms with E-state index in [4.69, 9.17) is 11.6 Å². The number of halogens is 1. The van der Waals surface area contributed by atoms with Crippen molar-refractivity contribution < 1.29 is 9.59 Å². The van der Waals surface area contributed by atoms with Gasteiger partial charge in [0.05, 0.1) is 6.42 Å². The van der Waals surface area contributed by atoms with E-state index in [1.807, 2.05) is 13.0 Å². The zero-order valence-electron chi connectivity index (χ0n) is 12.8. The largest absolute Gasteiger partial charge is 0.355 e. The van der Waals surface area contributed by atoms with Gasteiger partial charge in [-0.3, -0.25) is 9.59 Å². The summed E-state index contributed by atoms with van der Waals surface area (Å²) in [6.45, 7) is 2.21. The van der Waals surface area contributed by atoms with E-state index in [1.54, 1.807) is 36.5 Å². The maximum atomic E-state index is 11.8. The molecule has 0 fully saturated rings. The lowest BCUT2D eigenvalue weighted by Crippen LogP contribution is -2.29. The summed E-state index contributed by atoms with van der Waals surface area (Å²) < 4.78 is 0. The molecular weight excluding hydrogens is 314 g/mol. The molecule has 6 heteroatoms. The van der Waals surface area contributed by atoms with Crippen molar-refractivity contribution in [1.82, 2.24) is 10.3 Å². The van der Waals surface area contributed by atoms with E-state index in [0.717, 1.165) is 11.1 Å². The molecule has 0 aliphatic rings. The first-order chi connectivity index (χ1) is 11.0. The number of aromatic nitrogens is 1. The third-order valence-corrected chi connectivity index (χ3v) is 3.38. The van der Waals surface area contributed by atoms with Gasteiger partial charge >= 0.3 is 0 Å². The molecule has 2 N–H and O–H groups in total. The Bertz CT molecular complexity index is 610. The minimum atomic E-state index is -0.187. The highest BCUT2D eigenvalue weighted by atomic mass is 35.5. The van der Waals surface area contributed by atoms with Crippen molar-refractivity contribution in [3.05, 3.63) is 58.7 Å². The average Bonchev–Trinajstić information content (AvgIpc) is 2.52. The van der Waals surface area contributed by atoms with Crippen molar-refractivity contribution in [1.29, 1.82) is 0 Å². The Kier molecular flexibility index (Phi) is 6.11. The molecule has 0 aliphatic heterocycles. The Labute approximate surface area is 140 Å². The van der Waals surface area contributed by atoms with Gasteiger partial charge in [0.2, 0.25) is 11.8 Å². The van der Waals surface area contributed by atoms with Crippen molar-refractivity contribution in [3.8, 4) is 0 Å². The molecule has 0 aliphatic carbocycles. The fourth-order valence-electron chi connectivity index (χ4n) is 1.91. The highest BCUT2D eigenvalue weighted by Gasteiger charge is 2.06. The summed E-state index contributed by atoms with van der Waals surface area (Å²) in [5, 5.41) is 6.04. The number of carbonyl (C=O) groups excluding carboxylic acids is 2. The maximum Gasteiger partial charge on any atom is 0.227 e. The lowest BCUT2D eigenvalue weighted by molar-refractivity contribution is -0.120. The van der Waals surface area contributed by atoms with Gasteiger partial charge in [0.15, 0.2) is 0 Å². The van der Waals surface area contributed by atoms with E-state index in [1.165, 1.54) is 0 Å². The van der Waals surface area contributed by atoms with Crippen LogP contribution in [0.25, 0.3) is 0 Å². The lowest BCUT2D eigenvalue weighted by Gasteiger charge is -2.07. The number of pyridine rings is 1. The van der Waals surface area contributed by atoms with Crippen LogP contribution < -0.4 is 10.6 Å². The molecule has 0 unspecified atom stereocenters. The van der Waals surface area contributed by atoms with Gasteiger partial charge in [-0.2, -0.15) is 0 Å². The number of nitrogens with one attached hydrogen (secondary N) is 2. The monoisotopic (exact) mass is 331 g/mol. The fraction of sp³-hybridized carbons (Fsp3) is 0.235. The zero-order valence-corrected chi connectivity index (χ0v) is 13.6. The van der Waals surface area contributed by atoms with Crippen LogP contribution in [0.15, 0.2) is 42.6 Å². The van der Waals surface area contributed by atoms with E-state index in [9.17, 15) is 9.59 Å². The Morgan fingerprint density at radius 2 is 1.83 bits per heavy atom. The summed E-state index contributed by atoms with van der Waals surface area (Å²) in [7, 11) is 0. The molecule has 5 nitrogen and oxygen atoms in total. The molecule has 2 amide bonds. The molecule has 120 valence electrons. The third kappa shape index (κ3) is 6.08. The van der Waals surface area contributed by atoms with Crippen LogP contribution in [0.5, 0.6) is 0 Å². The van der Waals surface area contributed by atoms with E-state index >= 15 is 0 Å². The smallest absolute Gasteiger partial charge is 0.227 e. The van der Waals surface area contributed by atoms with Crippen LogP contribution in [0.2, 0.25) is 5.02 Å². The van der Waals surface area contributed by atoms with Crippen molar-refractivity contribution in [3.63, 3.8) is 0 Å². The number of rotatable bonds is 6. The highest BCUT2D eigenvalue weighted by molar-refractivity contribution is 6.30. The van der Waals surface area contributed by atoms with Crippen LogP contribution in [-0.2, 0) is 16.0 Å². The first-order valence-corrected chi connectivity index (χ1v) is 7.64. The first kappa shape index (κ1) is 17.0. The zero-order chi connectivity index (χ0) is 16.7. The van der Waals surface area contributed by atoms with Crippen LogP contribution in [0, 0.1) is 6.92 Å². The van der Waals surface area contributed by atoms with Gasteiger partial charge in [-0.15, -0.1) is 0 Å². The van der Waals surface area contributed by atoms with Crippen molar-refractivity contribution in [2.45, 2.75) is 19.8 Å². The van der Waals surface area contributed by atoms with Gasteiger partial charge in [-0.25, -0.2) is 4.98 Å². The number of benzene rings is 1. The summed E-state index contributed by atoms with van der Waals surface area (Å²) in [5.74, 6) is 0.190. The number of carbonyl (C=O) groups is 2. The lowest BCUT2D eigenvalue weighted by atomic mass is 10.1. The van der Waals surface area contributed by atoms with Gasteiger partial charge in [0, 0.05) is 24.2 Å². The first-order valence-electron chi connectivity index (χ1n) is 7.26. The Hall–Kier alpha value is -2.40. The molecule has 0 atom stereocenters. The van der Waals surface area contributed by atoms with Gasteiger partial charge in [0.1, 0.15) is 5.82 Å². The van der Waals surface area contributed by atoms with Gasteiger partial charge < -0.3 is 10.6 Å². The highest BCUT2D eigenvalue weighted by Crippen LogP contribution is 2.09. The molecule has 1 aromatic carbocycles. The van der Waals surface area contributed by atoms with Crippen molar-refractivity contribution in [2.75, 3.05) is 11.9 Å². The Morgan fingerprint density at radius 3 is 2.48 bits per heavy atom.